The molecule has 4 aromatic heterocycles. The minimum atomic E-state index is -0.837. The Morgan fingerprint density at radius 2 is 1.11 bits per heavy atom. The first-order valence-electron chi connectivity index (χ1n) is 16.4. The number of carbonyl (C=O) groups is 3. The number of rotatable bonds is 11. The molecule has 0 bridgehead atoms. The van der Waals surface area contributed by atoms with Crippen molar-refractivity contribution in [3.05, 3.63) is 121 Å². The van der Waals surface area contributed by atoms with Crippen molar-refractivity contribution in [3.63, 3.8) is 0 Å². The molecule has 272 valence electrons. The van der Waals surface area contributed by atoms with Crippen LogP contribution in [0.4, 0.5) is 15.1 Å². The molecule has 6 aromatic rings. The molecule has 16 heteroatoms. The molecule has 3 amide bonds. The molecule has 2 atom stereocenters. The molecule has 14 nitrogen and oxygen atoms in total. The number of nitrogens with one attached hydrogen (secondary N) is 3. The topological polar surface area (TPSA) is 200 Å². The van der Waals surface area contributed by atoms with Crippen LogP contribution in [0.25, 0.3) is 21.1 Å². The van der Waals surface area contributed by atoms with Gasteiger partial charge in [-0.1, -0.05) is 83.3 Å². The van der Waals surface area contributed by atoms with Gasteiger partial charge in [0.15, 0.2) is 0 Å². The van der Waals surface area contributed by atoms with Crippen molar-refractivity contribution in [2.75, 3.05) is 10.6 Å². The van der Waals surface area contributed by atoms with E-state index in [0.717, 1.165) is 27.3 Å². The highest BCUT2D eigenvalue weighted by atomic mass is 32.1. The number of pyridine rings is 2. The van der Waals surface area contributed by atoms with E-state index in [9.17, 15) is 14.4 Å². The molecule has 0 radical (unpaired) electrons. The summed E-state index contributed by atoms with van der Waals surface area (Å²) < 4.78 is 5.31. The Hall–Kier alpha value is -5.97. The van der Waals surface area contributed by atoms with Crippen molar-refractivity contribution in [1.29, 1.82) is 0 Å². The molecule has 0 saturated carbocycles. The summed E-state index contributed by atoms with van der Waals surface area (Å²) in [5, 5.41) is 26.5. The zero-order valence-electron chi connectivity index (χ0n) is 29.2. The summed E-state index contributed by atoms with van der Waals surface area (Å²) in [5.74, 6) is -0.673. The Labute approximate surface area is 314 Å². The number of nitrogens with two attached hydrogens (primary N) is 1. The lowest BCUT2D eigenvalue weighted by Gasteiger charge is -2.23. The molecule has 0 aliphatic carbocycles. The average Bonchev–Trinajstić information content (AvgIpc) is 3.82. The summed E-state index contributed by atoms with van der Waals surface area (Å²) in [6, 6.07) is 24.9. The third-order valence-corrected chi connectivity index (χ3v) is 8.87. The third kappa shape index (κ3) is 12.3. The second-order valence-electron chi connectivity index (χ2n) is 12.5. The summed E-state index contributed by atoms with van der Waals surface area (Å²) in [5.41, 5.74) is 8.97. The first-order chi connectivity index (χ1) is 25.5. The number of ether oxygens (including phenoxy) is 1. The van der Waals surface area contributed by atoms with Crippen LogP contribution >= 0.6 is 22.7 Å². The van der Waals surface area contributed by atoms with Gasteiger partial charge in [0.2, 0.25) is 22.1 Å². The predicted octanol–water partition coefficient (Wildman–Crippen LogP) is 5.78. The van der Waals surface area contributed by atoms with E-state index in [1.807, 2.05) is 84.9 Å². The number of alkyl carbamates (subject to hydrolysis) is 1. The molecule has 4 heterocycles. The van der Waals surface area contributed by atoms with Crippen LogP contribution in [0, 0.1) is 0 Å². The fourth-order valence-electron chi connectivity index (χ4n) is 4.63. The van der Waals surface area contributed by atoms with Crippen molar-refractivity contribution in [1.82, 2.24) is 35.7 Å². The lowest BCUT2D eigenvalue weighted by atomic mass is 10.1. The summed E-state index contributed by atoms with van der Waals surface area (Å²) in [6.07, 6.45) is 6.82. The third-order valence-electron chi connectivity index (χ3n) is 7.09. The van der Waals surface area contributed by atoms with Gasteiger partial charge in [-0.3, -0.25) is 30.2 Å². The van der Waals surface area contributed by atoms with Crippen molar-refractivity contribution >= 4 is 50.8 Å². The minimum Gasteiger partial charge on any atom is -0.444 e. The van der Waals surface area contributed by atoms with Crippen LogP contribution in [0.5, 0.6) is 0 Å². The van der Waals surface area contributed by atoms with Gasteiger partial charge in [0, 0.05) is 42.3 Å². The second-order valence-corrected chi connectivity index (χ2v) is 14.4. The summed E-state index contributed by atoms with van der Waals surface area (Å²) >= 11 is 2.54. The van der Waals surface area contributed by atoms with Crippen molar-refractivity contribution in [3.8, 4) is 21.1 Å². The smallest absolute Gasteiger partial charge is 0.408 e. The Kier molecular flexibility index (Phi) is 13.4. The molecule has 53 heavy (non-hydrogen) atoms. The van der Waals surface area contributed by atoms with Gasteiger partial charge in [-0.15, -0.1) is 20.4 Å². The van der Waals surface area contributed by atoms with Crippen LogP contribution in [0.2, 0.25) is 0 Å². The molecule has 0 aliphatic heterocycles. The highest BCUT2D eigenvalue weighted by molar-refractivity contribution is 7.19. The van der Waals surface area contributed by atoms with Gasteiger partial charge < -0.3 is 15.8 Å². The first kappa shape index (κ1) is 38.3. The number of amides is 3. The van der Waals surface area contributed by atoms with E-state index in [4.69, 9.17) is 10.5 Å². The van der Waals surface area contributed by atoms with Gasteiger partial charge in [-0.2, -0.15) is 0 Å². The molecule has 2 aromatic carbocycles. The average molecular weight is 751 g/mol. The van der Waals surface area contributed by atoms with Crippen molar-refractivity contribution < 1.29 is 19.1 Å². The number of aromatic nitrogens is 6. The SMILES string of the molecule is CC(C)(C)OC(=O)N[C@@H](Cc1ccccc1)C(=O)Nc1nnc(-c2ccncc2)s1.N[C@@H](Cc1ccccc1)C(=O)Nc1nnc(-c2ccncc2)s1. The van der Waals surface area contributed by atoms with E-state index < -0.39 is 29.7 Å². The van der Waals surface area contributed by atoms with Gasteiger partial charge in [0.05, 0.1) is 6.04 Å². The number of nitrogens with zero attached hydrogens (tertiary/aromatic N) is 6. The number of anilines is 2. The van der Waals surface area contributed by atoms with E-state index in [1.165, 1.54) is 22.7 Å². The fourth-order valence-corrected chi connectivity index (χ4v) is 6.13. The quantitative estimate of drug-likeness (QED) is 0.125. The number of carbonyl (C=O) groups excluding carboxylic acids is 3. The van der Waals surface area contributed by atoms with Gasteiger partial charge in [-0.25, -0.2) is 4.79 Å². The van der Waals surface area contributed by atoms with Crippen LogP contribution < -0.4 is 21.7 Å². The van der Waals surface area contributed by atoms with E-state index >= 15 is 0 Å². The Bertz CT molecular complexity index is 2060. The molecule has 5 N–H and O–H groups in total. The lowest BCUT2D eigenvalue weighted by Crippen LogP contribution is -2.47. The van der Waals surface area contributed by atoms with Gasteiger partial charge >= 0.3 is 6.09 Å². The van der Waals surface area contributed by atoms with Gasteiger partial charge in [0.1, 0.15) is 21.7 Å². The minimum absolute atomic E-state index is 0.272. The molecular weight excluding hydrogens is 713 g/mol. The second kappa shape index (κ2) is 18.5. The highest BCUT2D eigenvalue weighted by Crippen LogP contribution is 2.27. The van der Waals surface area contributed by atoms with E-state index in [1.54, 1.807) is 45.6 Å². The van der Waals surface area contributed by atoms with E-state index in [0.29, 0.717) is 28.1 Å². The number of benzene rings is 2. The summed E-state index contributed by atoms with van der Waals surface area (Å²) in [6.45, 7) is 5.29. The Morgan fingerprint density at radius 3 is 1.58 bits per heavy atom. The summed E-state index contributed by atoms with van der Waals surface area (Å²) in [4.78, 5) is 45.3. The molecule has 6 rings (SSSR count). The molecule has 0 aliphatic rings. The maximum atomic E-state index is 12.9. The van der Waals surface area contributed by atoms with Crippen LogP contribution in [-0.2, 0) is 27.2 Å². The van der Waals surface area contributed by atoms with E-state index in [2.05, 4.69) is 46.3 Å². The monoisotopic (exact) mass is 750 g/mol. The number of hydrogen-bond donors (Lipinski definition) is 4. The summed E-state index contributed by atoms with van der Waals surface area (Å²) in [7, 11) is 0. The highest BCUT2D eigenvalue weighted by Gasteiger charge is 2.26. The first-order valence-corrected chi connectivity index (χ1v) is 18.1. The van der Waals surface area contributed by atoms with Crippen molar-refractivity contribution in [2.24, 2.45) is 5.73 Å². The number of hydrogen-bond acceptors (Lipinski definition) is 13. The largest absolute Gasteiger partial charge is 0.444 e. The molecular formula is C37H38N10O4S2. The zero-order valence-corrected chi connectivity index (χ0v) is 30.8. The lowest BCUT2D eigenvalue weighted by molar-refractivity contribution is -0.118. The molecule has 0 unspecified atom stereocenters. The van der Waals surface area contributed by atoms with Crippen LogP contribution in [0.1, 0.15) is 31.9 Å². The van der Waals surface area contributed by atoms with Gasteiger partial charge in [-0.05, 0) is 62.6 Å². The molecule has 0 spiro atoms. The van der Waals surface area contributed by atoms with Crippen LogP contribution in [0.3, 0.4) is 0 Å². The van der Waals surface area contributed by atoms with E-state index in [-0.39, 0.29) is 5.91 Å². The predicted molar refractivity (Wildman–Crippen MR) is 205 cm³/mol. The van der Waals surface area contributed by atoms with Gasteiger partial charge in [0.25, 0.3) is 0 Å². The fraction of sp³-hybridized carbons (Fsp3) is 0.216. The van der Waals surface area contributed by atoms with Crippen molar-refractivity contribution in [2.45, 2.75) is 51.3 Å². The Morgan fingerprint density at radius 1 is 0.660 bits per heavy atom. The normalized spacial score (nSPS) is 12.0. The maximum Gasteiger partial charge on any atom is 0.408 e. The molecule has 0 fully saturated rings. The standard InChI is InChI=1S/C21H23N5O3S.C16H15N5OS/c1-21(2,3)29-20(28)23-16(13-14-7-5-4-6-8-14)17(27)24-19-26-25-18(30-19)15-9-11-22-12-10-15;17-13(10-11-4-2-1-3-5-11)14(22)19-16-21-20-15(23-16)12-6-8-18-9-7-12/h4-12,16H,13H2,1-3H3,(H,23,28)(H,24,26,27);1-9,13H,10,17H2,(H,19,21,22)/t16-;13-/m00/s1. The Balaban J connectivity index is 0.000000211. The van der Waals surface area contributed by atoms with Crippen LogP contribution in [0.15, 0.2) is 110 Å². The maximum absolute atomic E-state index is 12.9. The van der Waals surface area contributed by atoms with Crippen LogP contribution in [-0.4, -0.2) is 66.0 Å². The zero-order chi connectivity index (χ0) is 37.6. The molecule has 0 saturated heterocycles.